The van der Waals surface area contributed by atoms with Crippen LogP contribution in [-0.4, -0.2) is 37.7 Å². The van der Waals surface area contributed by atoms with Crippen LogP contribution < -0.4 is 10.1 Å². The minimum atomic E-state index is -0.277. The number of benzene rings is 2. The van der Waals surface area contributed by atoms with E-state index in [1.54, 1.807) is 18.2 Å². The molecule has 2 aromatic carbocycles. The quantitative estimate of drug-likeness (QED) is 0.501. The van der Waals surface area contributed by atoms with Gasteiger partial charge in [0.2, 0.25) is 0 Å². The van der Waals surface area contributed by atoms with Gasteiger partial charge in [-0.25, -0.2) is 4.98 Å². The number of anilines is 1. The first-order valence-corrected chi connectivity index (χ1v) is 9.95. The number of nitrogens with zero attached hydrogens (tertiary/aromatic N) is 5. The molecule has 0 saturated heterocycles. The molecule has 0 fully saturated rings. The standard InChI is InChI=1S/C20H18N6O2S/c1-2-11-28-15-9-7-14(8-10-15)17-12-29-20(22-17)23-19(27)16-5-3-4-6-18(16)26-13-21-24-25-26/h3-10,12-13H,2,11H2,1H3,(H,22,23,27). The molecule has 8 nitrogen and oxygen atoms in total. The summed E-state index contributed by atoms with van der Waals surface area (Å²) in [6.07, 6.45) is 2.41. The molecule has 0 radical (unpaired) electrons. The van der Waals surface area contributed by atoms with E-state index < -0.39 is 0 Å². The van der Waals surface area contributed by atoms with Gasteiger partial charge < -0.3 is 4.74 Å². The topological polar surface area (TPSA) is 94.8 Å². The number of aromatic nitrogens is 5. The molecule has 2 aromatic heterocycles. The number of rotatable bonds is 7. The normalized spacial score (nSPS) is 10.7. The Balaban J connectivity index is 1.49. The Labute approximate surface area is 171 Å². The van der Waals surface area contributed by atoms with Crippen LogP contribution in [0.2, 0.25) is 0 Å². The van der Waals surface area contributed by atoms with Gasteiger partial charge in [0, 0.05) is 10.9 Å². The summed E-state index contributed by atoms with van der Waals surface area (Å²) in [6, 6.07) is 14.9. The van der Waals surface area contributed by atoms with E-state index in [-0.39, 0.29) is 5.91 Å². The Kier molecular flexibility index (Phi) is 5.57. The summed E-state index contributed by atoms with van der Waals surface area (Å²) in [5, 5.41) is 16.4. The van der Waals surface area contributed by atoms with Crippen LogP contribution in [0.1, 0.15) is 23.7 Å². The third-order valence-corrected chi connectivity index (χ3v) is 4.85. The molecule has 0 spiro atoms. The molecule has 1 N–H and O–H groups in total. The minimum Gasteiger partial charge on any atom is -0.494 e. The van der Waals surface area contributed by atoms with Crippen molar-refractivity contribution >= 4 is 22.4 Å². The summed E-state index contributed by atoms with van der Waals surface area (Å²) in [6.45, 7) is 2.76. The second-order valence-corrected chi connectivity index (χ2v) is 6.99. The van der Waals surface area contributed by atoms with Crippen molar-refractivity contribution in [2.24, 2.45) is 0 Å². The number of tetrazole rings is 1. The molecule has 146 valence electrons. The molecule has 0 aliphatic carbocycles. The maximum Gasteiger partial charge on any atom is 0.259 e. The van der Waals surface area contributed by atoms with Crippen molar-refractivity contribution in [2.45, 2.75) is 13.3 Å². The molecule has 9 heteroatoms. The van der Waals surface area contributed by atoms with E-state index >= 15 is 0 Å². The zero-order chi connectivity index (χ0) is 20.1. The fourth-order valence-electron chi connectivity index (χ4n) is 2.71. The van der Waals surface area contributed by atoms with Gasteiger partial charge in [0.25, 0.3) is 5.91 Å². The first kappa shape index (κ1) is 18.8. The van der Waals surface area contributed by atoms with Crippen molar-refractivity contribution in [1.29, 1.82) is 0 Å². The lowest BCUT2D eigenvalue weighted by Gasteiger charge is -2.07. The highest BCUT2D eigenvalue weighted by Gasteiger charge is 2.15. The minimum absolute atomic E-state index is 0.277. The Morgan fingerprint density at radius 2 is 2.00 bits per heavy atom. The molecular formula is C20H18N6O2S. The van der Waals surface area contributed by atoms with E-state index in [0.29, 0.717) is 23.0 Å². The highest BCUT2D eigenvalue weighted by molar-refractivity contribution is 7.14. The van der Waals surface area contributed by atoms with E-state index in [1.165, 1.54) is 22.3 Å². The number of nitrogens with one attached hydrogen (secondary N) is 1. The third kappa shape index (κ3) is 4.30. The number of carbonyl (C=O) groups is 1. The fourth-order valence-corrected chi connectivity index (χ4v) is 3.42. The Bertz CT molecular complexity index is 1090. The second-order valence-electron chi connectivity index (χ2n) is 6.14. The van der Waals surface area contributed by atoms with Crippen molar-refractivity contribution in [3.63, 3.8) is 0 Å². The van der Waals surface area contributed by atoms with Crippen LogP contribution in [0.5, 0.6) is 5.75 Å². The molecule has 29 heavy (non-hydrogen) atoms. The van der Waals surface area contributed by atoms with Crippen LogP contribution in [0.4, 0.5) is 5.13 Å². The van der Waals surface area contributed by atoms with E-state index in [2.05, 4.69) is 32.7 Å². The fraction of sp³-hybridized carbons (Fsp3) is 0.150. The summed E-state index contributed by atoms with van der Waals surface area (Å²) in [5.41, 5.74) is 2.80. The largest absolute Gasteiger partial charge is 0.494 e. The predicted molar refractivity (Wildman–Crippen MR) is 110 cm³/mol. The number of hydrogen-bond acceptors (Lipinski definition) is 7. The van der Waals surface area contributed by atoms with Gasteiger partial charge in [-0.3, -0.25) is 10.1 Å². The number of amides is 1. The molecule has 1 amide bonds. The number of ether oxygens (including phenoxy) is 1. The molecular weight excluding hydrogens is 388 g/mol. The predicted octanol–water partition coefficient (Wildman–Crippen LogP) is 3.83. The lowest BCUT2D eigenvalue weighted by atomic mass is 10.1. The second kappa shape index (κ2) is 8.61. The lowest BCUT2D eigenvalue weighted by molar-refractivity contribution is 0.102. The van der Waals surface area contributed by atoms with Crippen molar-refractivity contribution in [1.82, 2.24) is 25.2 Å². The van der Waals surface area contributed by atoms with Gasteiger partial charge in [-0.1, -0.05) is 19.1 Å². The zero-order valence-corrected chi connectivity index (χ0v) is 16.5. The number of carbonyl (C=O) groups excluding carboxylic acids is 1. The molecule has 0 bridgehead atoms. The molecule has 0 aliphatic heterocycles. The summed E-state index contributed by atoms with van der Waals surface area (Å²) >= 11 is 1.37. The third-order valence-electron chi connectivity index (χ3n) is 4.09. The number of hydrogen-bond donors (Lipinski definition) is 1. The van der Waals surface area contributed by atoms with Gasteiger partial charge >= 0.3 is 0 Å². The van der Waals surface area contributed by atoms with E-state index in [4.69, 9.17) is 4.74 Å². The van der Waals surface area contributed by atoms with Crippen LogP contribution in [-0.2, 0) is 0 Å². The van der Waals surface area contributed by atoms with Gasteiger partial charge in [-0.2, -0.15) is 4.68 Å². The van der Waals surface area contributed by atoms with Crippen LogP contribution >= 0.6 is 11.3 Å². The maximum atomic E-state index is 12.8. The van der Waals surface area contributed by atoms with Crippen LogP contribution in [0.3, 0.4) is 0 Å². The monoisotopic (exact) mass is 406 g/mol. The number of para-hydroxylation sites is 1. The van der Waals surface area contributed by atoms with E-state index in [0.717, 1.165) is 23.4 Å². The first-order chi connectivity index (χ1) is 14.2. The summed E-state index contributed by atoms with van der Waals surface area (Å²) in [4.78, 5) is 17.3. The summed E-state index contributed by atoms with van der Waals surface area (Å²) in [5.74, 6) is 0.555. The highest BCUT2D eigenvalue weighted by Crippen LogP contribution is 2.27. The zero-order valence-electron chi connectivity index (χ0n) is 15.6. The molecule has 0 atom stereocenters. The van der Waals surface area contributed by atoms with Gasteiger partial charge in [-0.05, 0) is 53.2 Å². The lowest BCUT2D eigenvalue weighted by Crippen LogP contribution is -2.15. The number of thiazole rings is 1. The molecule has 0 saturated carbocycles. The van der Waals surface area contributed by atoms with Crippen LogP contribution in [0, 0.1) is 0 Å². The van der Waals surface area contributed by atoms with Crippen LogP contribution in [0.25, 0.3) is 16.9 Å². The van der Waals surface area contributed by atoms with Crippen LogP contribution in [0.15, 0.2) is 60.2 Å². The Morgan fingerprint density at radius 1 is 1.17 bits per heavy atom. The summed E-state index contributed by atoms with van der Waals surface area (Å²) < 4.78 is 7.05. The van der Waals surface area contributed by atoms with Gasteiger partial charge in [-0.15, -0.1) is 16.4 Å². The van der Waals surface area contributed by atoms with Gasteiger partial charge in [0.1, 0.15) is 12.1 Å². The van der Waals surface area contributed by atoms with Crippen molar-refractivity contribution in [2.75, 3.05) is 11.9 Å². The molecule has 4 aromatic rings. The first-order valence-electron chi connectivity index (χ1n) is 9.07. The average molecular weight is 406 g/mol. The van der Waals surface area contributed by atoms with Crippen molar-refractivity contribution in [3.05, 3.63) is 65.8 Å². The Morgan fingerprint density at radius 3 is 2.76 bits per heavy atom. The van der Waals surface area contributed by atoms with Crippen molar-refractivity contribution < 1.29 is 9.53 Å². The molecule has 0 unspecified atom stereocenters. The van der Waals surface area contributed by atoms with E-state index in [9.17, 15) is 4.79 Å². The molecule has 4 rings (SSSR count). The SMILES string of the molecule is CCCOc1ccc(-c2csc(NC(=O)c3ccccc3-n3cnnn3)n2)cc1. The smallest absolute Gasteiger partial charge is 0.259 e. The highest BCUT2D eigenvalue weighted by atomic mass is 32.1. The van der Waals surface area contributed by atoms with E-state index in [1.807, 2.05) is 35.7 Å². The molecule has 2 heterocycles. The summed E-state index contributed by atoms with van der Waals surface area (Å²) in [7, 11) is 0. The Hall–Kier alpha value is -3.59. The average Bonchev–Trinajstić information content (AvgIpc) is 3.45. The maximum absolute atomic E-state index is 12.8. The van der Waals surface area contributed by atoms with Gasteiger partial charge in [0.05, 0.1) is 23.6 Å². The molecule has 0 aliphatic rings. The van der Waals surface area contributed by atoms with Gasteiger partial charge in [0.15, 0.2) is 5.13 Å². The van der Waals surface area contributed by atoms with Crippen molar-refractivity contribution in [3.8, 4) is 22.7 Å².